The minimum Gasteiger partial charge on any atom is -0.459 e. The first-order chi connectivity index (χ1) is 9.15. The molecule has 6 heteroatoms. The van der Waals surface area contributed by atoms with Crippen LogP contribution in [0.15, 0.2) is 51.2 Å². The van der Waals surface area contributed by atoms with Gasteiger partial charge in [0.25, 0.3) is 11.8 Å². The Hall–Kier alpha value is -2.76. The fourth-order valence-corrected chi connectivity index (χ4v) is 1.53. The molecule has 19 heavy (non-hydrogen) atoms. The Kier molecular flexibility index (Phi) is 3.51. The third-order valence-electron chi connectivity index (χ3n) is 2.49. The highest BCUT2D eigenvalue weighted by Crippen LogP contribution is 2.11. The van der Waals surface area contributed by atoms with Gasteiger partial charge in [-0.2, -0.15) is 0 Å². The van der Waals surface area contributed by atoms with Crippen molar-refractivity contribution in [2.45, 2.75) is 6.92 Å². The van der Waals surface area contributed by atoms with Crippen LogP contribution in [0.2, 0.25) is 0 Å². The third kappa shape index (κ3) is 2.57. The van der Waals surface area contributed by atoms with E-state index in [4.69, 9.17) is 9.83 Å². The number of hydrogen-bond donors (Lipinski definition) is 2. The zero-order valence-corrected chi connectivity index (χ0v) is 10.1. The maximum Gasteiger partial charge on any atom is 0.294 e. The average molecular weight is 257 g/mol. The van der Waals surface area contributed by atoms with Gasteiger partial charge in [0.1, 0.15) is 5.70 Å². The molecule has 2 amide bonds. The molecule has 0 radical (unpaired) electrons. The van der Waals surface area contributed by atoms with Crippen LogP contribution in [0.1, 0.15) is 17.5 Å². The Balaban J connectivity index is 2.15. The van der Waals surface area contributed by atoms with E-state index in [0.29, 0.717) is 11.3 Å². The SMILES string of the molecule is C/C=C(\C=N)C1=NC(=O)C(NC(=O)c2ccco2)=C1. The van der Waals surface area contributed by atoms with E-state index in [2.05, 4.69) is 10.3 Å². The number of amides is 2. The molecule has 2 heterocycles. The molecule has 6 nitrogen and oxygen atoms in total. The van der Waals surface area contributed by atoms with Crippen molar-refractivity contribution in [2.24, 2.45) is 4.99 Å². The summed E-state index contributed by atoms with van der Waals surface area (Å²) in [5.74, 6) is -0.950. The summed E-state index contributed by atoms with van der Waals surface area (Å²) in [6.07, 6.45) is 5.56. The lowest BCUT2D eigenvalue weighted by Crippen LogP contribution is -2.25. The molecule has 0 fully saturated rings. The van der Waals surface area contributed by atoms with Crippen LogP contribution in [-0.4, -0.2) is 23.7 Å². The zero-order valence-electron chi connectivity index (χ0n) is 10.1. The second-order valence-electron chi connectivity index (χ2n) is 3.68. The summed E-state index contributed by atoms with van der Waals surface area (Å²) in [5.41, 5.74) is 0.936. The highest BCUT2D eigenvalue weighted by Gasteiger charge is 2.22. The van der Waals surface area contributed by atoms with Gasteiger partial charge in [0, 0.05) is 11.8 Å². The summed E-state index contributed by atoms with van der Waals surface area (Å²) >= 11 is 0. The fourth-order valence-electron chi connectivity index (χ4n) is 1.53. The van der Waals surface area contributed by atoms with Gasteiger partial charge in [-0.25, -0.2) is 4.99 Å². The lowest BCUT2D eigenvalue weighted by Gasteiger charge is -2.00. The summed E-state index contributed by atoms with van der Waals surface area (Å²) in [5, 5.41) is 9.62. The normalized spacial score (nSPS) is 15.0. The molecule has 1 aliphatic rings. The van der Waals surface area contributed by atoms with E-state index in [1.54, 1.807) is 19.1 Å². The summed E-state index contributed by atoms with van der Waals surface area (Å²) in [6, 6.07) is 3.07. The summed E-state index contributed by atoms with van der Waals surface area (Å²) in [7, 11) is 0. The van der Waals surface area contributed by atoms with Gasteiger partial charge in [-0.1, -0.05) is 6.08 Å². The Morgan fingerprint density at radius 3 is 2.89 bits per heavy atom. The van der Waals surface area contributed by atoms with E-state index < -0.39 is 11.8 Å². The van der Waals surface area contributed by atoms with E-state index in [1.807, 2.05) is 0 Å². The highest BCUT2D eigenvalue weighted by molar-refractivity contribution is 6.29. The van der Waals surface area contributed by atoms with Crippen molar-refractivity contribution in [3.8, 4) is 0 Å². The standard InChI is InChI=1S/C13H11N3O3/c1-2-8(7-14)9-6-10(12(17)15-9)16-13(18)11-4-3-5-19-11/h2-7,14H,1H3,(H,15,16,17,18)/b8-2+,14-7?. The first-order valence-electron chi connectivity index (χ1n) is 5.52. The van der Waals surface area contributed by atoms with Crippen molar-refractivity contribution in [3.05, 3.63) is 47.6 Å². The topological polar surface area (TPSA) is 95.5 Å². The van der Waals surface area contributed by atoms with Crippen molar-refractivity contribution in [2.75, 3.05) is 0 Å². The van der Waals surface area contributed by atoms with Crippen molar-refractivity contribution < 1.29 is 14.0 Å². The number of aliphatic imine (C=N–C) groups is 1. The molecule has 0 atom stereocenters. The molecular formula is C13H11N3O3. The number of rotatable bonds is 4. The molecule has 0 unspecified atom stereocenters. The van der Waals surface area contributed by atoms with Crippen LogP contribution < -0.4 is 5.32 Å². The molecule has 2 rings (SSSR count). The molecule has 0 aliphatic carbocycles. The predicted octanol–water partition coefficient (Wildman–Crippen LogP) is 1.47. The quantitative estimate of drug-likeness (QED) is 0.799. The smallest absolute Gasteiger partial charge is 0.294 e. The van der Waals surface area contributed by atoms with Crippen molar-refractivity contribution in [1.82, 2.24) is 5.32 Å². The highest BCUT2D eigenvalue weighted by atomic mass is 16.3. The first kappa shape index (κ1) is 12.7. The minimum absolute atomic E-state index is 0.0672. The molecule has 0 spiro atoms. The van der Waals surface area contributed by atoms with Gasteiger partial charge < -0.3 is 15.1 Å². The van der Waals surface area contributed by atoms with Gasteiger partial charge in [0.15, 0.2) is 5.76 Å². The van der Waals surface area contributed by atoms with Gasteiger partial charge in [-0.3, -0.25) is 9.59 Å². The van der Waals surface area contributed by atoms with E-state index in [1.165, 1.54) is 18.4 Å². The lowest BCUT2D eigenvalue weighted by molar-refractivity contribution is -0.114. The largest absolute Gasteiger partial charge is 0.459 e. The van der Waals surface area contributed by atoms with E-state index in [0.717, 1.165) is 6.21 Å². The second-order valence-corrected chi connectivity index (χ2v) is 3.68. The zero-order chi connectivity index (χ0) is 13.8. The van der Waals surface area contributed by atoms with E-state index >= 15 is 0 Å². The molecular weight excluding hydrogens is 246 g/mol. The molecule has 1 aliphatic heterocycles. The van der Waals surface area contributed by atoms with Crippen LogP contribution in [0.4, 0.5) is 0 Å². The summed E-state index contributed by atoms with van der Waals surface area (Å²) in [6.45, 7) is 1.74. The average Bonchev–Trinajstić information content (AvgIpc) is 3.02. The Morgan fingerprint density at radius 2 is 2.32 bits per heavy atom. The number of carbonyl (C=O) groups excluding carboxylic acids is 2. The maximum absolute atomic E-state index is 11.7. The summed E-state index contributed by atoms with van der Waals surface area (Å²) in [4.78, 5) is 27.1. The predicted molar refractivity (Wildman–Crippen MR) is 69.2 cm³/mol. The Labute approximate surface area is 109 Å². The fraction of sp³-hybridized carbons (Fsp3) is 0.0769. The molecule has 2 N–H and O–H groups in total. The molecule has 1 aromatic rings. The monoisotopic (exact) mass is 257 g/mol. The first-order valence-corrected chi connectivity index (χ1v) is 5.52. The summed E-state index contributed by atoms with van der Waals surface area (Å²) < 4.78 is 4.92. The van der Waals surface area contributed by atoms with E-state index in [-0.39, 0.29) is 11.5 Å². The van der Waals surface area contributed by atoms with Crippen LogP contribution in [0.3, 0.4) is 0 Å². The van der Waals surface area contributed by atoms with Crippen LogP contribution in [0.25, 0.3) is 0 Å². The maximum atomic E-state index is 11.7. The van der Waals surface area contributed by atoms with Crippen LogP contribution in [0, 0.1) is 5.41 Å². The van der Waals surface area contributed by atoms with Crippen molar-refractivity contribution >= 4 is 23.7 Å². The van der Waals surface area contributed by atoms with Gasteiger partial charge in [-0.05, 0) is 25.1 Å². The van der Waals surface area contributed by atoms with E-state index in [9.17, 15) is 9.59 Å². The Morgan fingerprint density at radius 1 is 1.53 bits per heavy atom. The van der Waals surface area contributed by atoms with Crippen molar-refractivity contribution in [1.29, 1.82) is 5.41 Å². The van der Waals surface area contributed by atoms with Gasteiger partial charge in [0.2, 0.25) is 0 Å². The molecule has 96 valence electrons. The number of nitrogens with zero attached hydrogens (tertiary/aromatic N) is 1. The van der Waals surface area contributed by atoms with Crippen LogP contribution >= 0.6 is 0 Å². The number of allylic oxidation sites excluding steroid dienone is 3. The minimum atomic E-state index is -0.545. The number of nitrogens with one attached hydrogen (secondary N) is 2. The van der Waals surface area contributed by atoms with Crippen molar-refractivity contribution in [3.63, 3.8) is 0 Å². The molecule has 0 aromatic carbocycles. The number of hydrogen-bond acceptors (Lipinski definition) is 4. The van der Waals surface area contributed by atoms with Gasteiger partial charge >= 0.3 is 0 Å². The van der Waals surface area contributed by atoms with Crippen LogP contribution in [-0.2, 0) is 4.79 Å². The molecule has 1 aromatic heterocycles. The van der Waals surface area contributed by atoms with Crippen LogP contribution in [0.5, 0.6) is 0 Å². The number of carbonyl (C=O) groups is 2. The third-order valence-corrected chi connectivity index (χ3v) is 2.49. The Bertz CT molecular complexity index is 622. The molecule has 0 bridgehead atoms. The van der Waals surface area contributed by atoms with Gasteiger partial charge in [-0.15, -0.1) is 0 Å². The lowest BCUT2D eigenvalue weighted by atomic mass is 10.1. The second kappa shape index (κ2) is 5.26. The van der Waals surface area contributed by atoms with Gasteiger partial charge in [0.05, 0.1) is 12.0 Å². The number of furan rings is 1. The molecule has 0 saturated carbocycles. The molecule has 0 saturated heterocycles.